The van der Waals surface area contributed by atoms with Crippen LogP contribution in [0.25, 0.3) is 0 Å². The van der Waals surface area contributed by atoms with E-state index in [4.69, 9.17) is 9.88 Å². The van der Waals surface area contributed by atoms with Crippen molar-refractivity contribution in [2.45, 2.75) is 6.42 Å². The molecular formula is C10H13NO3S. The van der Waals surface area contributed by atoms with Crippen LogP contribution >= 0.6 is 0 Å². The summed E-state index contributed by atoms with van der Waals surface area (Å²) in [5.41, 5.74) is 1.05. The Hall–Kier alpha value is -1.07. The first-order valence-corrected chi connectivity index (χ1v) is 6.47. The SMILES string of the molecule is NS(=O)(=O)CC1COc2ccccc2C1. The fourth-order valence-corrected chi connectivity index (χ4v) is 2.70. The first-order chi connectivity index (χ1) is 7.04. The lowest BCUT2D eigenvalue weighted by Gasteiger charge is -2.24. The van der Waals surface area contributed by atoms with Crippen LogP contribution < -0.4 is 9.88 Å². The highest BCUT2D eigenvalue weighted by molar-refractivity contribution is 7.89. The van der Waals surface area contributed by atoms with Crippen molar-refractivity contribution >= 4 is 10.0 Å². The number of benzene rings is 1. The van der Waals surface area contributed by atoms with Crippen molar-refractivity contribution in [2.75, 3.05) is 12.4 Å². The second kappa shape index (κ2) is 3.83. The van der Waals surface area contributed by atoms with Gasteiger partial charge in [0.1, 0.15) is 5.75 Å². The van der Waals surface area contributed by atoms with Crippen LogP contribution in [0.1, 0.15) is 5.56 Å². The van der Waals surface area contributed by atoms with Crippen LogP contribution in [0.3, 0.4) is 0 Å². The first-order valence-electron chi connectivity index (χ1n) is 4.76. The third kappa shape index (κ3) is 2.70. The van der Waals surface area contributed by atoms with Crippen LogP contribution in [0.2, 0.25) is 0 Å². The molecule has 2 N–H and O–H groups in total. The summed E-state index contributed by atoms with van der Waals surface area (Å²) in [5, 5.41) is 5.00. The van der Waals surface area contributed by atoms with Gasteiger partial charge in [-0.25, -0.2) is 13.6 Å². The van der Waals surface area contributed by atoms with Gasteiger partial charge in [0, 0.05) is 5.92 Å². The van der Waals surface area contributed by atoms with E-state index in [1.54, 1.807) is 0 Å². The standard InChI is InChI=1S/C10H13NO3S/c11-15(12,13)7-8-5-9-3-1-2-4-10(9)14-6-8/h1-4,8H,5-7H2,(H2,11,12,13). The maximum Gasteiger partial charge on any atom is 0.209 e. The summed E-state index contributed by atoms with van der Waals surface area (Å²) in [6.45, 7) is 0.424. The maximum atomic E-state index is 10.9. The molecule has 1 unspecified atom stereocenters. The number of hydrogen-bond donors (Lipinski definition) is 1. The van der Waals surface area contributed by atoms with E-state index in [2.05, 4.69) is 0 Å². The number of primary sulfonamides is 1. The summed E-state index contributed by atoms with van der Waals surface area (Å²) in [6.07, 6.45) is 0.715. The number of rotatable bonds is 2. The zero-order valence-electron chi connectivity index (χ0n) is 8.22. The minimum atomic E-state index is -3.41. The van der Waals surface area contributed by atoms with E-state index >= 15 is 0 Å². The van der Waals surface area contributed by atoms with Gasteiger partial charge in [-0.15, -0.1) is 0 Å². The van der Waals surface area contributed by atoms with Crippen molar-refractivity contribution in [1.29, 1.82) is 0 Å². The molecule has 1 atom stereocenters. The Morgan fingerprint density at radius 2 is 2.13 bits per heavy atom. The molecule has 4 nitrogen and oxygen atoms in total. The third-order valence-electron chi connectivity index (χ3n) is 2.42. The van der Waals surface area contributed by atoms with Crippen molar-refractivity contribution < 1.29 is 13.2 Å². The normalized spacial score (nSPS) is 20.5. The molecule has 5 heteroatoms. The highest BCUT2D eigenvalue weighted by atomic mass is 32.2. The van der Waals surface area contributed by atoms with Gasteiger partial charge in [-0.3, -0.25) is 0 Å². The number of hydrogen-bond acceptors (Lipinski definition) is 3. The Labute approximate surface area is 89.1 Å². The molecule has 0 saturated heterocycles. The first kappa shape index (κ1) is 10.4. The molecular weight excluding hydrogens is 214 g/mol. The minimum Gasteiger partial charge on any atom is -0.493 e. The molecule has 0 amide bonds. The van der Waals surface area contributed by atoms with Gasteiger partial charge in [-0.05, 0) is 18.1 Å². The fourth-order valence-electron chi connectivity index (χ4n) is 1.83. The van der Waals surface area contributed by atoms with Crippen molar-refractivity contribution in [3.05, 3.63) is 29.8 Å². The lowest BCUT2D eigenvalue weighted by atomic mass is 9.98. The predicted octanol–water partition coefficient (Wildman–Crippen LogP) is 0.526. The van der Waals surface area contributed by atoms with Crippen LogP contribution in [0.4, 0.5) is 0 Å². The van der Waals surface area contributed by atoms with Gasteiger partial charge in [0.15, 0.2) is 0 Å². The van der Waals surface area contributed by atoms with Gasteiger partial charge < -0.3 is 4.74 Å². The monoisotopic (exact) mass is 227 g/mol. The summed E-state index contributed by atoms with van der Waals surface area (Å²) in [4.78, 5) is 0. The summed E-state index contributed by atoms with van der Waals surface area (Å²) in [7, 11) is -3.41. The van der Waals surface area contributed by atoms with Crippen LogP contribution in [-0.4, -0.2) is 20.8 Å². The summed E-state index contributed by atoms with van der Waals surface area (Å²) >= 11 is 0. The topological polar surface area (TPSA) is 69.4 Å². The largest absolute Gasteiger partial charge is 0.493 e. The van der Waals surface area contributed by atoms with Crippen molar-refractivity contribution in [3.63, 3.8) is 0 Å². The Kier molecular flexibility index (Phi) is 2.67. The maximum absolute atomic E-state index is 10.9. The van der Waals surface area contributed by atoms with Gasteiger partial charge in [-0.1, -0.05) is 18.2 Å². The van der Waals surface area contributed by atoms with Crippen molar-refractivity contribution in [2.24, 2.45) is 11.1 Å². The minimum absolute atomic E-state index is 0.0126. The predicted molar refractivity (Wildman–Crippen MR) is 57.1 cm³/mol. The molecule has 1 heterocycles. The second-order valence-corrected chi connectivity index (χ2v) is 5.48. The number of ether oxygens (including phenoxy) is 1. The highest BCUT2D eigenvalue weighted by Crippen LogP contribution is 2.26. The van der Waals surface area contributed by atoms with Gasteiger partial charge in [0.25, 0.3) is 0 Å². The van der Waals surface area contributed by atoms with E-state index < -0.39 is 10.0 Å². The van der Waals surface area contributed by atoms with Gasteiger partial charge >= 0.3 is 0 Å². The van der Waals surface area contributed by atoms with E-state index in [1.165, 1.54) is 0 Å². The summed E-state index contributed by atoms with van der Waals surface area (Å²) < 4.78 is 27.3. The molecule has 1 aliphatic rings. The molecule has 0 bridgehead atoms. The molecule has 0 saturated carbocycles. The molecule has 0 fully saturated rings. The molecule has 0 spiro atoms. The number of nitrogens with two attached hydrogens (primary N) is 1. The van der Waals surface area contributed by atoms with E-state index in [1.807, 2.05) is 24.3 Å². The van der Waals surface area contributed by atoms with E-state index in [0.717, 1.165) is 11.3 Å². The zero-order valence-corrected chi connectivity index (χ0v) is 9.03. The third-order valence-corrected chi connectivity index (χ3v) is 3.36. The highest BCUT2D eigenvalue weighted by Gasteiger charge is 2.22. The Bertz CT molecular complexity index is 455. The zero-order chi connectivity index (χ0) is 10.9. The van der Waals surface area contributed by atoms with E-state index in [0.29, 0.717) is 13.0 Å². The second-order valence-electron chi connectivity index (χ2n) is 3.82. The molecule has 2 rings (SSSR count). The van der Waals surface area contributed by atoms with Crippen molar-refractivity contribution in [1.82, 2.24) is 0 Å². The molecule has 82 valence electrons. The molecule has 15 heavy (non-hydrogen) atoms. The van der Waals surface area contributed by atoms with Gasteiger partial charge in [0.05, 0.1) is 12.4 Å². The lowest BCUT2D eigenvalue weighted by molar-refractivity contribution is 0.235. The molecule has 1 aromatic rings. The van der Waals surface area contributed by atoms with Crippen LogP contribution in [0, 0.1) is 5.92 Å². The quantitative estimate of drug-likeness (QED) is 0.801. The van der Waals surface area contributed by atoms with Gasteiger partial charge in [-0.2, -0.15) is 0 Å². The average molecular weight is 227 g/mol. The fraction of sp³-hybridized carbons (Fsp3) is 0.400. The Morgan fingerprint density at radius 3 is 2.87 bits per heavy atom. The van der Waals surface area contributed by atoms with E-state index in [9.17, 15) is 8.42 Å². The Morgan fingerprint density at radius 1 is 1.40 bits per heavy atom. The Balaban J connectivity index is 2.12. The molecule has 0 aliphatic carbocycles. The molecule has 0 aromatic heterocycles. The smallest absolute Gasteiger partial charge is 0.209 e. The number of sulfonamides is 1. The lowest BCUT2D eigenvalue weighted by Crippen LogP contribution is -2.30. The van der Waals surface area contributed by atoms with Crippen LogP contribution in [0.15, 0.2) is 24.3 Å². The van der Waals surface area contributed by atoms with E-state index in [-0.39, 0.29) is 11.7 Å². The van der Waals surface area contributed by atoms with Gasteiger partial charge in [0.2, 0.25) is 10.0 Å². The molecule has 1 aliphatic heterocycles. The van der Waals surface area contributed by atoms with Crippen LogP contribution in [0.5, 0.6) is 5.75 Å². The molecule has 1 aromatic carbocycles. The number of fused-ring (bicyclic) bond motifs is 1. The van der Waals surface area contributed by atoms with Crippen molar-refractivity contribution in [3.8, 4) is 5.75 Å². The summed E-state index contributed by atoms with van der Waals surface area (Å²) in [6, 6.07) is 7.66. The van der Waals surface area contributed by atoms with Crippen LogP contribution in [-0.2, 0) is 16.4 Å². The summed E-state index contributed by atoms with van der Waals surface area (Å²) in [5.74, 6) is 0.805. The average Bonchev–Trinajstić information content (AvgIpc) is 2.15. The molecule has 0 radical (unpaired) electrons. The number of para-hydroxylation sites is 1.